The van der Waals surface area contributed by atoms with Crippen LogP contribution in [-0.2, 0) is 0 Å². The standard InChI is InChI=1S/C19H15Cl2N3OS/c1-2-9-25-18-6-4-3-5-13(18)11-22-24-19-23-17(12-26-19)15-8-7-14(20)10-16(15)21/h2-8,10-12H,1,9H2,(H,23,24)/b22-11-. The Morgan fingerprint density at radius 1 is 1.23 bits per heavy atom. The SMILES string of the molecule is C=CCOc1ccccc1/C=N\Nc1nc(-c2ccc(Cl)cc2Cl)cs1. The molecule has 1 N–H and O–H groups in total. The third kappa shape index (κ3) is 4.64. The molecule has 0 aliphatic rings. The van der Waals surface area contributed by atoms with Crippen molar-refractivity contribution < 1.29 is 4.74 Å². The fourth-order valence-corrected chi connectivity index (χ4v) is 3.34. The van der Waals surface area contributed by atoms with Gasteiger partial charge in [0.25, 0.3) is 0 Å². The van der Waals surface area contributed by atoms with Crippen molar-refractivity contribution in [2.45, 2.75) is 0 Å². The normalized spacial score (nSPS) is 10.8. The minimum Gasteiger partial charge on any atom is -0.489 e. The van der Waals surface area contributed by atoms with E-state index in [1.807, 2.05) is 35.7 Å². The van der Waals surface area contributed by atoms with Gasteiger partial charge in [0.15, 0.2) is 0 Å². The predicted octanol–water partition coefficient (Wildman–Crippen LogP) is 6.13. The highest BCUT2D eigenvalue weighted by atomic mass is 35.5. The highest BCUT2D eigenvalue weighted by Crippen LogP contribution is 2.32. The highest BCUT2D eigenvalue weighted by Gasteiger charge is 2.08. The van der Waals surface area contributed by atoms with E-state index in [-0.39, 0.29) is 0 Å². The van der Waals surface area contributed by atoms with E-state index in [0.717, 1.165) is 22.6 Å². The van der Waals surface area contributed by atoms with Crippen LogP contribution in [0, 0.1) is 0 Å². The molecule has 0 unspecified atom stereocenters. The zero-order chi connectivity index (χ0) is 18.4. The van der Waals surface area contributed by atoms with Gasteiger partial charge in [-0.2, -0.15) is 5.10 Å². The lowest BCUT2D eigenvalue weighted by molar-refractivity contribution is 0.363. The summed E-state index contributed by atoms with van der Waals surface area (Å²) in [5.41, 5.74) is 5.38. The Kier molecular flexibility index (Phi) is 6.28. The fraction of sp³-hybridized carbons (Fsp3) is 0.0526. The van der Waals surface area contributed by atoms with Crippen LogP contribution < -0.4 is 10.2 Å². The summed E-state index contributed by atoms with van der Waals surface area (Å²) >= 11 is 13.6. The number of ether oxygens (including phenoxy) is 1. The Hall–Kier alpha value is -2.34. The maximum atomic E-state index is 6.23. The third-order valence-electron chi connectivity index (χ3n) is 3.35. The van der Waals surface area contributed by atoms with E-state index in [1.54, 1.807) is 24.4 Å². The molecule has 0 amide bonds. The maximum absolute atomic E-state index is 6.23. The topological polar surface area (TPSA) is 46.5 Å². The molecule has 1 aromatic heterocycles. The first-order chi connectivity index (χ1) is 12.7. The van der Waals surface area contributed by atoms with Crippen molar-refractivity contribution in [2.24, 2.45) is 5.10 Å². The van der Waals surface area contributed by atoms with E-state index in [1.165, 1.54) is 11.3 Å². The number of rotatable bonds is 7. The van der Waals surface area contributed by atoms with E-state index in [0.29, 0.717) is 21.8 Å². The van der Waals surface area contributed by atoms with Crippen molar-refractivity contribution in [1.82, 2.24) is 4.98 Å². The number of aromatic nitrogens is 1. The molecule has 0 spiro atoms. The molecule has 0 aliphatic carbocycles. The summed E-state index contributed by atoms with van der Waals surface area (Å²) in [5, 5.41) is 7.96. The van der Waals surface area contributed by atoms with Gasteiger partial charge in [-0.1, -0.05) is 48.0 Å². The average Bonchev–Trinajstić information content (AvgIpc) is 3.09. The Morgan fingerprint density at radius 3 is 2.88 bits per heavy atom. The minimum atomic E-state index is 0.440. The van der Waals surface area contributed by atoms with Gasteiger partial charge in [-0.05, 0) is 30.3 Å². The second-order valence-electron chi connectivity index (χ2n) is 5.17. The quantitative estimate of drug-likeness (QED) is 0.293. The van der Waals surface area contributed by atoms with E-state index < -0.39 is 0 Å². The van der Waals surface area contributed by atoms with E-state index in [2.05, 4.69) is 22.1 Å². The van der Waals surface area contributed by atoms with Gasteiger partial charge in [0.2, 0.25) is 5.13 Å². The number of nitrogens with one attached hydrogen (secondary N) is 1. The molecule has 132 valence electrons. The Morgan fingerprint density at radius 2 is 2.08 bits per heavy atom. The summed E-state index contributed by atoms with van der Waals surface area (Å²) in [6.07, 6.45) is 3.39. The number of para-hydroxylation sites is 1. The second kappa shape index (κ2) is 8.85. The van der Waals surface area contributed by atoms with E-state index in [9.17, 15) is 0 Å². The van der Waals surface area contributed by atoms with Crippen molar-refractivity contribution in [1.29, 1.82) is 0 Å². The van der Waals surface area contributed by atoms with Crippen molar-refractivity contribution in [3.8, 4) is 17.0 Å². The van der Waals surface area contributed by atoms with Crippen molar-refractivity contribution >= 4 is 45.9 Å². The van der Waals surface area contributed by atoms with E-state index in [4.69, 9.17) is 27.9 Å². The number of nitrogens with zero attached hydrogens (tertiary/aromatic N) is 2. The number of thiazole rings is 1. The van der Waals surface area contributed by atoms with Crippen molar-refractivity contribution in [3.05, 3.63) is 76.1 Å². The summed E-state index contributed by atoms with van der Waals surface area (Å²) in [7, 11) is 0. The van der Waals surface area contributed by atoms with Crippen LogP contribution in [0.5, 0.6) is 5.75 Å². The number of hydrogen-bond donors (Lipinski definition) is 1. The van der Waals surface area contributed by atoms with E-state index >= 15 is 0 Å². The highest BCUT2D eigenvalue weighted by molar-refractivity contribution is 7.14. The van der Waals surface area contributed by atoms with Gasteiger partial charge in [0.05, 0.1) is 16.9 Å². The van der Waals surface area contributed by atoms with Crippen LogP contribution in [0.25, 0.3) is 11.3 Å². The molecule has 0 aliphatic heterocycles. The number of hydrogen-bond acceptors (Lipinski definition) is 5. The first kappa shape index (κ1) is 18.5. The monoisotopic (exact) mass is 403 g/mol. The minimum absolute atomic E-state index is 0.440. The molecule has 4 nitrogen and oxygen atoms in total. The smallest absolute Gasteiger partial charge is 0.203 e. The molecule has 0 fully saturated rings. The summed E-state index contributed by atoms with van der Waals surface area (Å²) in [4.78, 5) is 4.50. The first-order valence-corrected chi connectivity index (χ1v) is 9.33. The lowest BCUT2D eigenvalue weighted by Crippen LogP contribution is -1.97. The molecule has 0 saturated carbocycles. The van der Waals surface area contributed by atoms with Crippen LogP contribution >= 0.6 is 34.5 Å². The second-order valence-corrected chi connectivity index (χ2v) is 6.87. The molecule has 3 aromatic rings. The first-order valence-electron chi connectivity index (χ1n) is 7.70. The zero-order valence-electron chi connectivity index (χ0n) is 13.7. The lowest BCUT2D eigenvalue weighted by Gasteiger charge is -2.06. The fourth-order valence-electron chi connectivity index (χ4n) is 2.17. The summed E-state index contributed by atoms with van der Waals surface area (Å²) in [6, 6.07) is 13.0. The molecule has 2 aromatic carbocycles. The molecule has 26 heavy (non-hydrogen) atoms. The van der Waals surface area contributed by atoms with Crippen molar-refractivity contribution in [2.75, 3.05) is 12.0 Å². The molecule has 0 atom stereocenters. The predicted molar refractivity (Wildman–Crippen MR) is 111 cm³/mol. The molecular formula is C19H15Cl2N3OS. The maximum Gasteiger partial charge on any atom is 0.203 e. The Labute approximate surface area is 165 Å². The third-order valence-corrected chi connectivity index (χ3v) is 4.65. The lowest BCUT2D eigenvalue weighted by atomic mass is 10.2. The summed E-state index contributed by atoms with van der Waals surface area (Å²) in [5.74, 6) is 0.741. The average molecular weight is 404 g/mol. The largest absolute Gasteiger partial charge is 0.489 e. The van der Waals surface area contributed by atoms with Gasteiger partial charge in [0.1, 0.15) is 12.4 Å². The molecule has 1 heterocycles. The van der Waals surface area contributed by atoms with Crippen LogP contribution in [-0.4, -0.2) is 17.8 Å². The number of anilines is 1. The van der Waals surface area contributed by atoms with Gasteiger partial charge in [-0.3, -0.25) is 5.43 Å². The van der Waals surface area contributed by atoms with Crippen LogP contribution in [0.3, 0.4) is 0 Å². The molecule has 7 heteroatoms. The number of hydrazone groups is 1. The van der Waals surface area contributed by atoms with Crippen LogP contribution in [0.2, 0.25) is 10.0 Å². The number of halogens is 2. The van der Waals surface area contributed by atoms with Crippen LogP contribution in [0.1, 0.15) is 5.56 Å². The Bertz CT molecular complexity index is 940. The van der Waals surface area contributed by atoms with Gasteiger partial charge in [0, 0.05) is 21.5 Å². The van der Waals surface area contributed by atoms with Crippen LogP contribution in [0.15, 0.2) is 65.6 Å². The summed E-state index contributed by atoms with van der Waals surface area (Å²) < 4.78 is 5.60. The van der Waals surface area contributed by atoms with Crippen LogP contribution in [0.4, 0.5) is 5.13 Å². The van der Waals surface area contributed by atoms with Gasteiger partial charge in [-0.25, -0.2) is 4.98 Å². The molecule has 3 rings (SSSR count). The molecule has 0 saturated heterocycles. The van der Waals surface area contributed by atoms with Gasteiger partial charge < -0.3 is 4.74 Å². The van der Waals surface area contributed by atoms with Gasteiger partial charge >= 0.3 is 0 Å². The van der Waals surface area contributed by atoms with Crippen molar-refractivity contribution in [3.63, 3.8) is 0 Å². The number of benzene rings is 2. The molecule has 0 bridgehead atoms. The van der Waals surface area contributed by atoms with Gasteiger partial charge in [-0.15, -0.1) is 11.3 Å². The molecule has 0 radical (unpaired) electrons. The molecular weight excluding hydrogens is 389 g/mol. The zero-order valence-corrected chi connectivity index (χ0v) is 16.0. The Balaban J connectivity index is 1.70. The summed E-state index contributed by atoms with van der Waals surface area (Å²) in [6.45, 7) is 4.09.